The molecular weight excluding hydrogens is 324 g/mol. The van der Waals surface area contributed by atoms with Gasteiger partial charge in [0, 0.05) is 33.5 Å². The molecule has 3 rings (SSSR count). The number of hydrogen-bond donors (Lipinski definition) is 0. The molecule has 0 saturated carbocycles. The average molecular weight is 345 g/mol. The third-order valence-electron chi connectivity index (χ3n) is 4.15. The Balaban J connectivity index is 2.14. The topological polar surface area (TPSA) is 17.8 Å². The van der Waals surface area contributed by atoms with E-state index in [-0.39, 0.29) is 0 Å². The van der Waals surface area contributed by atoms with Crippen LogP contribution in [0.5, 0.6) is 0 Å². The zero-order chi connectivity index (χ0) is 14.8. The first-order valence-electron chi connectivity index (χ1n) is 7.75. The molecule has 0 radical (unpaired) electrons. The van der Waals surface area contributed by atoms with Crippen molar-refractivity contribution in [2.75, 3.05) is 0 Å². The normalized spacial score (nSPS) is 11.6. The van der Waals surface area contributed by atoms with Crippen molar-refractivity contribution in [1.82, 2.24) is 9.55 Å². The van der Waals surface area contributed by atoms with Gasteiger partial charge in [-0.1, -0.05) is 42.1 Å². The highest BCUT2D eigenvalue weighted by molar-refractivity contribution is 9.10. The summed E-state index contributed by atoms with van der Waals surface area (Å²) in [6.07, 6.45) is 7.05. The van der Waals surface area contributed by atoms with Crippen LogP contribution >= 0.6 is 15.9 Å². The number of nitrogens with zero attached hydrogens (tertiary/aromatic N) is 2. The summed E-state index contributed by atoms with van der Waals surface area (Å²) in [5.74, 6) is 0. The molecule has 1 aromatic carbocycles. The maximum atomic E-state index is 4.50. The second kappa shape index (κ2) is 6.18. The summed E-state index contributed by atoms with van der Waals surface area (Å²) in [6, 6.07) is 8.71. The van der Waals surface area contributed by atoms with Crippen LogP contribution in [0.1, 0.15) is 38.3 Å². The van der Waals surface area contributed by atoms with Crippen molar-refractivity contribution in [3.8, 4) is 0 Å². The lowest BCUT2D eigenvalue weighted by Crippen LogP contribution is -1.99. The molecule has 3 aromatic rings. The van der Waals surface area contributed by atoms with Gasteiger partial charge in [0.05, 0.1) is 11.2 Å². The maximum Gasteiger partial charge on any atom is 0.0707 e. The molecule has 0 aliphatic carbocycles. The Morgan fingerprint density at radius 1 is 1.10 bits per heavy atom. The van der Waals surface area contributed by atoms with E-state index in [1.165, 1.54) is 47.5 Å². The number of halogens is 1. The lowest BCUT2D eigenvalue weighted by atomic mass is 10.2. The van der Waals surface area contributed by atoms with Gasteiger partial charge >= 0.3 is 0 Å². The van der Waals surface area contributed by atoms with Crippen LogP contribution in [0.25, 0.3) is 21.8 Å². The molecule has 0 fully saturated rings. The first kappa shape index (κ1) is 14.6. The molecule has 21 heavy (non-hydrogen) atoms. The summed E-state index contributed by atoms with van der Waals surface area (Å²) in [7, 11) is 0. The number of fused-ring (bicyclic) bond motifs is 3. The highest BCUT2D eigenvalue weighted by Gasteiger charge is 2.12. The van der Waals surface area contributed by atoms with E-state index in [1.54, 1.807) is 0 Å². The van der Waals surface area contributed by atoms with Crippen LogP contribution < -0.4 is 0 Å². The van der Waals surface area contributed by atoms with Crippen LogP contribution in [-0.4, -0.2) is 9.55 Å². The second-order valence-electron chi connectivity index (χ2n) is 5.67. The Morgan fingerprint density at radius 2 is 1.95 bits per heavy atom. The first-order chi connectivity index (χ1) is 10.2. The van der Waals surface area contributed by atoms with Crippen LogP contribution in [0.4, 0.5) is 0 Å². The van der Waals surface area contributed by atoms with E-state index >= 15 is 0 Å². The van der Waals surface area contributed by atoms with E-state index in [0.29, 0.717) is 0 Å². The van der Waals surface area contributed by atoms with Gasteiger partial charge in [0.15, 0.2) is 0 Å². The highest BCUT2D eigenvalue weighted by Crippen LogP contribution is 2.32. The van der Waals surface area contributed by atoms with Gasteiger partial charge in [0.25, 0.3) is 0 Å². The molecule has 0 saturated heterocycles. The first-order valence-corrected chi connectivity index (χ1v) is 8.54. The Labute approximate surface area is 134 Å². The molecule has 0 atom stereocenters. The molecule has 0 amide bonds. The standard InChI is InChI=1S/C18H21BrN2/c1-3-4-5-6-11-21-17-8-7-14(19)12-16(17)15-9-10-20-13(2)18(15)21/h7-10,12H,3-6,11H2,1-2H3. The largest absolute Gasteiger partial charge is 0.339 e. The quantitative estimate of drug-likeness (QED) is 0.531. The van der Waals surface area contributed by atoms with Crippen molar-refractivity contribution >= 4 is 37.7 Å². The van der Waals surface area contributed by atoms with E-state index in [2.05, 4.69) is 63.6 Å². The Bertz CT molecular complexity index is 774. The molecule has 2 aromatic heterocycles. The van der Waals surface area contributed by atoms with Crippen molar-refractivity contribution in [2.24, 2.45) is 0 Å². The van der Waals surface area contributed by atoms with Gasteiger partial charge in [-0.05, 0) is 37.6 Å². The number of aromatic nitrogens is 2. The van der Waals surface area contributed by atoms with Gasteiger partial charge in [-0.25, -0.2) is 0 Å². The van der Waals surface area contributed by atoms with Gasteiger partial charge in [0.2, 0.25) is 0 Å². The maximum absolute atomic E-state index is 4.50. The Hall–Kier alpha value is -1.35. The fraction of sp³-hybridized carbons (Fsp3) is 0.389. The van der Waals surface area contributed by atoms with Crippen LogP contribution in [0.15, 0.2) is 34.9 Å². The average Bonchev–Trinajstić information content (AvgIpc) is 2.79. The summed E-state index contributed by atoms with van der Waals surface area (Å²) >= 11 is 3.59. The number of benzene rings is 1. The molecule has 0 unspecified atom stereocenters. The number of hydrogen-bond acceptors (Lipinski definition) is 1. The van der Waals surface area contributed by atoms with Gasteiger partial charge in [-0.3, -0.25) is 4.98 Å². The molecule has 0 spiro atoms. The van der Waals surface area contributed by atoms with Crippen molar-refractivity contribution in [1.29, 1.82) is 0 Å². The van der Waals surface area contributed by atoms with Crippen molar-refractivity contribution < 1.29 is 0 Å². The fourth-order valence-electron chi connectivity index (χ4n) is 3.13. The third-order valence-corrected chi connectivity index (χ3v) is 4.65. The molecule has 0 aliphatic heterocycles. The zero-order valence-electron chi connectivity index (χ0n) is 12.7. The lowest BCUT2D eigenvalue weighted by Gasteiger charge is -2.08. The minimum absolute atomic E-state index is 1.08. The molecule has 3 heteroatoms. The molecule has 0 aliphatic rings. The minimum Gasteiger partial charge on any atom is -0.339 e. The minimum atomic E-state index is 1.08. The SMILES string of the molecule is CCCCCCn1c2ccc(Br)cc2c2ccnc(C)c21. The van der Waals surface area contributed by atoms with Crippen LogP contribution in [0.3, 0.4) is 0 Å². The lowest BCUT2D eigenvalue weighted by molar-refractivity contribution is 0.601. The smallest absolute Gasteiger partial charge is 0.0707 e. The molecule has 2 nitrogen and oxygen atoms in total. The Kier molecular flexibility index (Phi) is 4.29. The summed E-state index contributed by atoms with van der Waals surface area (Å²) < 4.78 is 3.59. The number of pyridine rings is 1. The van der Waals surface area contributed by atoms with Crippen molar-refractivity contribution in [3.05, 3.63) is 40.6 Å². The zero-order valence-corrected chi connectivity index (χ0v) is 14.3. The van der Waals surface area contributed by atoms with E-state index < -0.39 is 0 Å². The molecule has 0 N–H and O–H groups in total. The summed E-state index contributed by atoms with van der Waals surface area (Å²) in [4.78, 5) is 4.50. The molecule has 0 bridgehead atoms. The van der Waals surface area contributed by atoms with Gasteiger partial charge in [-0.2, -0.15) is 0 Å². The molecular formula is C18H21BrN2. The molecule has 110 valence electrons. The van der Waals surface area contributed by atoms with Gasteiger partial charge in [-0.15, -0.1) is 0 Å². The van der Waals surface area contributed by atoms with Crippen LogP contribution in [-0.2, 0) is 6.54 Å². The highest BCUT2D eigenvalue weighted by atomic mass is 79.9. The Morgan fingerprint density at radius 3 is 2.76 bits per heavy atom. The van der Waals surface area contributed by atoms with Crippen molar-refractivity contribution in [2.45, 2.75) is 46.1 Å². The predicted octanol–water partition coefficient (Wildman–Crippen LogP) is 5.84. The molecule has 2 heterocycles. The van der Waals surface area contributed by atoms with Crippen LogP contribution in [0.2, 0.25) is 0 Å². The third kappa shape index (κ3) is 2.71. The number of rotatable bonds is 5. The predicted molar refractivity (Wildman–Crippen MR) is 93.8 cm³/mol. The summed E-state index contributed by atoms with van der Waals surface area (Å²) in [5, 5.41) is 2.63. The van der Waals surface area contributed by atoms with E-state index in [1.807, 2.05) is 6.20 Å². The van der Waals surface area contributed by atoms with E-state index in [4.69, 9.17) is 0 Å². The van der Waals surface area contributed by atoms with Crippen LogP contribution in [0, 0.1) is 6.92 Å². The van der Waals surface area contributed by atoms with Gasteiger partial charge in [0.1, 0.15) is 0 Å². The summed E-state index contributed by atoms with van der Waals surface area (Å²) in [5.41, 5.74) is 3.73. The van der Waals surface area contributed by atoms with Crippen molar-refractivity contribution in [3.63, 3.8) is 0 Å². The second-order valence-corrected chi connectivity index (χ2v) is 6.58. The fourth-order valence-corrected chi connectivity index (χ4v) is 3.49. The number of unbranched alkanes of at least 4 members (excludes halogenated alkanes) is 3. The summed E-state index contributed by atoms with van der Waals surface area (Å²) in [6.45, 7) is 5.44. The van der Waals surface area contributed by atoms with Gasteiger partial charge < -0.3 is 4.57 Å². The van der Waals surface area contributed by atoms with E-state index in [9.17, 15) is 0 Å². The number of aryl methyl sites for hydroxylation is 2. The van der Waals surface area contributed by atoms with E-state index in [0.717, 1.165) is 16.7 Å². The monoisotopic (exact) mass is 344 g/mol.